The molecule has 3 N–H and O–H groups in total. The number of halogens is 2. The summed E-state index contributed by atoms with van der Waals surface area (Å²) < 4.78 is 1.33. The molecule has 3 rings (SSSR count). The molecule has 0 aliphatic heterocycles. The van der Waals surface area contributed by atoms with E-state index in [1.54, 1.807) is 36.7 Å². The number of nitrogens with two attached hydrogens (primary N) is 1. The fourth-order valence-electron chi connectivity index (χ4n) is 1.63. The Morgan fingerprint density at radius 3 is 2.57 bits per heavy atom. The Morgan fingerprint density at radius 1 is 1.10 bits per heavy atom. The summed E-state index contributed by atoms with van der Waals surface area (Å²) in [6.07, 6.45) is 3.19. The second kappa shape index (κ2) is 5.55. The van der Waals surface area contributed by atoms with Crippen LogP contribution in [0.1, 0.15) is 0 Å². The normalized spacial score (nSPS) is 10.6. The minimum atomic E-state index is 0.170. The first-order valence-corrected chi connectivity index (χ1v) is 6.61. The number of hydrogen-bond donors (Lipinski definition) is 2. The SMILES string of the molecule is Nc1nc(Nc2ccc(Cl)c(Cl)c2)nn1-c1ncccn1. The molecule has 0 bridgehead atoms. The van der Waals surface area contributed by atoms with Crippen molar-refractivity contribution in [2.45, 2.75) is 0 Å². The van der Waals surface area contributed by atoms with Crippen LogP contribution in [0.25, 0.3) is 5.95 Å². The van der Waals surface area contributed by atoms with Crippen molar-refractivity contribution in [3.05, 3.63) is 46.7 Å². The number of benzene rings is 1. The van der Waals surface area contributed by atoms with E-state index in [0.29, 0.717) is 27.6 Å². The maximum absolute atomic E-state index is 5.95. The lowest BCUT2D eigenvalue weighted by Gasteiger charge is -2.03. The maximum atomic E-state index is 5.95. The maximum Gasteiger partial charge on any atom is 0.253 e. The molecule has 0 saturated carbocycles. The van der Waals surface area contributed by atoms with Gasteiger partial charge >= 0.3 is 0 Å². The fraction of sp³-hybridized carbons (Fsp3) is 0. The van der Waals surface area contributed by atoms with Gasteiger partial charge in [0, 0.05) is 18.1 Å². The van der Waals surface area contributed by atoms with E-state index in [-0.39, 0.29) is 5.95 Å². The Labute approximate surface area is 129 Å². The van der Waals surface area contributed by atoms with Crippen molar-refractivity contribution in [1.29, 1.82) is 0 Å². The van der Waals surface area contributed by atoms with Gasteiger partial charge in [-0.3, -0.25) is 0 Å². The van der Waals surface area contributed by atoms with Crippen LogP contribution >= 0.6 is 23.2 Å². The topological polar surface area (TPSA) is 94.5 Å². The Bertz CT molecular complexity index is 773. The third kappa shape index (κ3) is 2.88. The van der Waals surface area contributed by atoms with E-state index in [2.05, 4.69) is 25.4 Å². The van der Waals surface area contributed by atoms with E-state index < -0.39 is 0 Å². The van der Waals surface area contributed by atoms with Gasteiger partial charge in [-0.2, -0.15) is 9.67 Å². The van der Waals surface area contributed by atoms with E-state index in [1.165, 1.54) is 4.68 Å². The second-order valence-electron chi connectivity index (χ2n) is 4.01. The lowest BCUT2D eigenvalue weighted by Crippen LogP contribution is -2.06. The number of nitrogen functional groups attached to an aromatic ring is 1. The first-order valence-electron chi connectivity index (χ1n) is 5.85. The molecule has 106 valence electrons. The minimum Gasteiger partial charge on any atom is -0.368 e. The molecule has 0 saturated heterocycles. The Kier molecular flexibility index (Phi) is 3.59. The van der Waals surface area contributed by atoms with E-state index in [1.807, 2.05) is 0 Å². The quantitative estimate of drug-likeness (QED) is 0.770. The third-order valence-corrected chi connectivity index (χ3v) is 3.29. The van der Waals surface area contributed by atoms with E-state index in [9.17, 15) is 0 Å². The summed E-state index contributed by atoms with van der Waals surface area (Å²) in [6, 6.07) is 6.79. The summed E-state index contributed by atoms with van der Waals surface area (Å²) in [4.78, 5) is 12.2. The highest BCUT2D eigenvalue weighted by atomic mass is 35.5. The molecule has 2 aromatic heterocycles. The highest BCUT2D eigenvalue weighted by molar-refractivity contribution is 6.42. The van der Waals surface area contributed by atoms with Crippen LogP contribution in [-0.4, -0.2) is 24.7 Å². The van der Waals surface area contributed by atoms with Crippen LogP contribution in [0.5, 0.6) is 0 Å². The van der Waals surface area contributed by atoms with Gasteiger partial charge in [0.15, 0.2) is 0 Å². The van der Waals surface area contributed by atoms with Crippen molar-refractivity contribution in [2.75, 3.05) is 11.1 Å². The van der Waals surface area contributed by atoms with Crippen LogP contribution in [0.3, 0.4) is 0 Å². The standard InChI is InChI=1S/C12H9Cl2N7/c13-8-3-2-7(6-9(8)14)18-11-19-10(15)21(20-11)12-16-4-1-5-17-12/h1-6H,(H3,15,18,19,20). The summed E-state index contributed by atoms with van der Waals surface area (Å²) in [6.45, 7) is 0. The fourth-order valence-corrected chi connectivity index (χ4v) is 1.93. The zero-order valence-electron chi connectivity index (χ0n) is 10.5. The van der Waals surface area contributed by atoms with Gasteiger partial charge in [0.2, 0.25) is 11.9 Å². The number of hydrogen-bond acceptors (Lipinski definition) is 6. The Balaban J connectivity index is 1.89. The summed E-state index contributed by atoms with van der Waals surface area (Å²) in [5.41, 5.74) is 6.49. The average molecular weight is 322 g/mol. The van der Waals surface area contributed by atoms with Crippen LogP contribution < -0.4 is 11.1 Å². The predicted molar refractivity (Wildman–Crippen MR) is 81.1 cm³/mol. The number of nitrogens with one attached hydrogen (secondary N) is 1. The molecule has 0 amide bonds. The molecule has 3 aromatic rings. The summed E-state index contributed by atoms with van der Waals surface area (Å²) >= 11 is 11.8. The molecule has 7 nitrogen and oxygen atoms in total. The summed E-state index contributed by atoms with van der Waals surface area (Å²) in [5, 5.41) is 8.08. The predicted octanol–water partition coefficient (Wildman–Crippen LogP) is 2.69. The molecule has 0 atom stereocenters. The number of nitrogens with zero attached hydrogens (tertiary/aromatic N) is 5. The van der Waals surface area contributed by atoms with Crippen LogP contribution in [0, 0.1) is 0 Å². The molecule has 0 unspecified atom stereocenters. The first-order chi connectivity index (χ1) is 10.1. The Morgan fingerprint density at radius 2 is 1.86 bits per heavy atom. The average Bonchev–Trinajstić information content (AvgIpc) is 2.84. The smallest absolute Gasteiger partial charge is 0.253 e. The van der Waals surface area contributed by atoms with Gasteiger partial charge in [-0.1, -0.05) is 23.2 Å². The monoisotopic (exact) mass is 321 g/mol. The third-order valence-electron chi connectivity index (χ3n) is 2.55. The van der Waals surface area contributed by atoms with Gasteiger partial charge in [-0.15, -0.1) is 5.10 Å². The number of anilines is 3. The van der Waals surface area contributed by atoms with Crippen molar-refractivity contribution in [3.8, 4) is 5.95 Å². The Hall–Kier alpha value is -2.38. The van der Waals surface area contributed by atoms with Crippen molar-refractivity contribution in [2.24, 2.45) is 0 Å². The van der Waals surface area contributed by atoms with Crippen molar-refractivity contribution in [3.63, 3.8) is 0 Å². The van der Waals surface area contributed by atoms with Crippen LogP contribution in [0.4, 0.5) is 17.6 Å². The van der Waals surface area contributed by atoms with Crippen LogP contribution in [-0.2, 0) is 0 Å². The molecule has 0 radical (unpaired) electrons. The summed E-state index contributed by atoms with van der Waals surface area (Å²) in [5.74, 6) is 0.812. The molecule has 0 fully saturated rings. The van der Waals surface area contributed by atoms with Gasteiger partial charge in [0.05, 0.1) is 10.0 Å². The molecule has 0 aliphatic carbocycles. The lowest BCUT2D eigenvalue weighted by molar-refractivity contribution is 0.819. The zero-order chi connectivity index (χ0) is 14.8. The van der Waals surface area contributed by atoms with E-state index >= 15 is 0 Å². The molecular weight excluding hydrogens is 313 g/mol. The number of aromatic nitrogens is 5. The molecule has 0 aliphatic rings. The van der Waals surface area contributed by atoms with Gasteiger partial charge in [0.1, 0.15) is 0 Å². The molecule has 2 heterocycles. The molecule has 21 heavy (non-hydrogen) atoms. The molecule has 9 heteroatoms. The zero-order valence-corrected chi connectivity index (χ0v) is 12.0. The van der Waals surface area contributed by atoms with Gasteiger partial charge in [-0.05, 0) is 24.3 Å². The molecule has 0 spiro atoms. The molecular formula is C12H9Cl2N7. The van der Waals surface area contributed by atoms with Crippen molar-refractivity contribution >= 4 is 40.8 Å². The van der Waals surface area contributed by atoms with Crippen molar-refractivity contribution < 1.29 is 0 Å². The molecule has 1 aromatic carbocycles. The highest BCUT2D eigenvalue weighted by Crippen LogP contribution is 2.26. The van der Waals surface area contributed by atoms with Crippen LogP contribution in [0.15, 0.2) is 36.7 Å². The highest BCUT2D eigenvalue weighted by Gasteiger charge is 2.11. The minimum absolute atomic E-state index is 0.170. The summed E-state index contributed by atoms with van der Waals surface area (Å²) in [7, 11) is 0. The van der Waals surface area contributed by atoms with E-state index in [4.69, 9.17) is 28.9 Å². The largest absolute Gasteiger partial charge is 0.368 e. The van der Waals surface area contributed by atoms with Gasteiger partial charge in [-0.25, -0.2) is 9.97 Å². The van der Waals surface area contributed by atoms with Gasteiger partial charge < -0.3 is 11.1 Å². The lowest BCUT2D eigenvalue weighted by atomic mass is 10.3. The van der Waals surface area contributed by atoms with Crippen LogP contribution in [0.2, 0.25) is 10.0 Å². The van der Waals surface area contributed by atoms with Crippen molar-refractivity contribution in [1.82, 2.24) is 24.7 Å². The van der Waals surface area contributed by atoms with E-state index in [0.717, 1.165) is 0 Å². The second-order valence-corrected chi connectivity index (χ2v) is 4.82. The number of rotatable bonds is 3. The first kappa shape index (κ1) is 13.6. The van der Waals surface area contributed by atoms with Gasteiger partial charge in [0.25, 0.3) is 5.95 Å².